The summed E-state index contributed by atoms with van der Waals surface area (Å²) in [5, 5.41) is 23.0. The van der Waals surface area contributed by atoms with Gasteiger partial charge in [-0.2, -0.15) is 0 Å². The molecule has 6 nitrogen and oxygen atoms in total. The molecule has 4 N–H and O–H groups in total. The SMILES string of the molecule is Cc1cccc(CCNC(=O)NCC(C)(O)C(=O)O)c1. The van der Waals surface area contributed by atoms with Crippen molar-refractivity contribution in [1.29, 1.82) is 0 Å². The van der Waals surface area contributed by atoms with Crippen LogP contribution in [0.25, 0.3) is 0 Å². The van der Waals surface area contributed by atoms with E-state index in [2.05, 4.69) is 10.6 Å². The maximum absolute atomic E-state index is 11.4. The summed E-state index contributed by atoms with van der Waals surface area (Å²) in [7, 11) is 0. The number of aliphatic carboxylic acids is 1. The molecule has 0 bridgehead atoms. The van der Waals surface area contributed by atoms with Crippen LogP contribution in [-0.2, 0) is 11.2 Å². The van der Waals surface area contributed by atoms with Gasteiger partial charge in [-0.25, -0.2) is 9.59 Å². The second-order valence-corrected chi connectivity index (χ2v) is 4.93. The minimum absolute atomic E-state index is 0.349. The largest absolute Gasteiger partial charge is 0.479 e. The molecule has 0 saturated heterocycles. The first-order valence-corrected chi connectivity index (χ1v) is 6.34. The predicted molar refractivity (Wildman–Crippen MR) is 74.5 cm³/mol. The van der Waals surface area contributed by atoms with Gasteiger partial charge in [0.1, 0.15) is 0 Å². The van der Waals surface area contributed by atoms with Crippen LogP contribution in [0.15, 0.2) is 24.3 Å². The van der Waals surface area contributed by atoms with Gasteiger partial charge in [0.2, 0.25) is 0 Å². The Bertz CT molecular complexity index is 486. The fraction of sp³-hybridized carbons (Fsp3) is 0.429. The second-order valence-electron chi connectivity index (χ2n) is 4.93. The minimum atomic E-state index is -1.96. The zero-order chi connectivity index (χ0) is 15.2. The van der Waals surface area contributed by atoms with E-state index < -0.39 is 17.6 Å². The molecule has 2 amide bonds. The number of benzene rings is 1. The molecule has 6 heteroatoms. The van der Waals surface area contributed by atoms with Gasteiger partial charge in [0.05, 0.1) is 6.54 Å². The van der Waals surface area contributed by atoms with Crippen LogP contribution in [0.3, 0.4) is 0 Å². The fourth-order valence-corrected chi connectivity index (χ4v) is 1.58. The Kier molecular flexibility index (Phi) is 5.52. The lowest BCUT2D eigenvalue weighted by Gasteiger charge is -2.18. The van der Waals surface area contributed by atoms with Gasteiger partial charge in [0, 0.05) is 6.54 Å². The predicted octanol–water partition coefficient (Wildman–Crippen LogP) is 0.672. The number of hydrogen-bond donors (Lipinski definition) is 4. The zero-order valence-corrected chi connectivity index (χ0v) is 11.6. The van der Waals surface area contributed by atoms with Crippen molar-refractivity contribution in [3.8, 4) is 0 Å². The lowest BCUT2D eigenvalue weighted by Crippen LogP contribution is -2.49. The molecule has 1 unspecified atom stereocenters. The van der Waals surface area contributed by atoms with Gasteiger partial charge >= 0.3 is 12.0 Å². The van der Waals surface area contributed by atoms with Gasteiger partial charge in [0.15, 0.2) is 5.60 Å². The molecule has 0 fully saturated rings. The smallest absolute Gasteiger partial charge is 0.337 e. The number of aliphatic hydroxyl groups is 1. The molecule has 0 saturated carbocycles. The Balaban J connectivity index is 2.29. The molecule has 0 aliphatic heterocycles. The first kappa shape index (κ1) is 16.0. The van der Waals surface area contributed by atoms with E-state index in [1.807, 2.05) is 31.2 Å². The number of nitrogens with one attached hydrogen (secondary N) is 2. The molecular weight excluding hydrogens is 260 g/mol. The molecule has 1 atom stereocenters. The summed E-state index contributed by atoms with van der Waals surface area (Å²) in [6.45, 7) is 3.21. The standard InChI is InChI=1S/C14H20N2O4/c1-10-4-3-5-11(8-10)6-7-15-13(19)16-9-14(2,20)12(17)18/h3-5,8,20H,6-7,9H2,1-2H3,(H,17,18)(H2,15,16,19). The van der Waals surface area contributed by atoms with E-state index in [1.54, 1.807) is 0 Å². The summed E-state index contributed by atoms with van der Waals surface area (Å²) >= 11 is 0. The molecule has 1 aromatic rings. The van der Waals surface area contributed by atoms with Crippen molar-refractivity contribution in [3.63, 3.8) is 0 Å². The first-order valence-electron chi connectivity index (χ1n) is 6.34. The summed E-state index contributed by atoms with van der Waals surface area (Å²) in [4.78, 5) is 22.1. The molecule has 0 aromatic heterocycles. The molecular formula is C14H20N2O4. The van der Waals surface area contributed by atoms with Crippen molar-refractivity contribution in [2.75, 3.05) is 13.1 Å². The van der Waals surface area contributed by atoms with Crippen LogP contribution in [0, 0.1) is 6.92 Å². The number of carbonyl (C=O) groups excluding carboxylic acids is 1. The van der Waals surface area contributed by atoms with Gasteiger partial charge in [-0.1, -0.05) is 29.8 Å². The average molecular weight is 280 g/mol. The lowest BCUT2D eigenvalue weighted by atomic mass is 10.1. The lowest BCUT2D eigenvalue weighted by molar-refractivity contribution is -0.155. The third-order valence-corrected chi connectivity index (χ3v) is 2.84. The van der Waals surface area contributed by atoms with Gasteiger partial charge in [-0.3, -0.25) is 0 Å². The molecule has 1 aromatic carbocycles. The second kappa shape index (κ2) is 6.91. The van der Waals surface area contributed by atoms with Gasteiger partial charge in [0.25, 0.3) is 0 Å². The van der Waals surface area contributed by atoms with Crippen molar-refractivity contribution < 1.29 is 19.8 Å². The van der Waals surface area contributed by atoms with Gasteiger partial charge < -0.3 is 20.8 Å². The summed E-state index contributed by atoms with van der Waals surface area (Å²) < 4.78 is 0. The summed E-state index contributed by atoms with van der Waals surface area (Å²) in [5.41, 5.74) is 0.306. The fourth-order valence-electron chi connectivity index (χ4n) is 1.58. The normalized spacial score (nSPS) is 13.3. The highest BCUT2D eigenvalue weighted by Gasteiger charge is 2.30. The van der Waals surface area contributed by atoms with E-state index in [0.717, 1.165) is 18.1 Å². The first-order chi connectivity index (χ1) is 9.31. The number of amides is 2. The Morgan fingerprint density at radius 2 is 2.00 bits per heavy atom. The molecule has 110 valence electrons. The molecule has 0 aliphatic carbocycles. The van der Waals surface area contributed by atoms with Crippen LogP contribution in [0.4, 0.5) is 4.79 Å². The quantitative estimate of drug-likeness (QED) is 0.615. The van der Waals surface area contributed by atoms with Crippen molar-refractivity contribution in [3.05, 3.63) is 35.4 Å². The topological polar surface area (TPSA) is 98.7 Å². The van der Waals surface area contributed by atoms with E-state index in [1.165, 1.54) is 0 Å². The van der Waals surface area contributed by atoms with Crippen LogP contribution < -0.4 is 10.6 Å². The summed E-state index contributed by atoms with van der Waals surface area (Å²) in [6, 6.07) is 7.46. The van der Waals surface area contributed by atoms with Gasteiger partial charge in [-0.05, 0) is 25.8 Å². The third-order valence-electron chi connectivity index (χ3n) is 2.84. The highest BCUT2D eigenvalue weighted by molar-refractivity contribution is 5.79. The molecule has 0 radical (unpaired) electrons. The van der Waals surface area contributed by atoms with E-state index in [9.17, 15) is 14.7 Å². The van der Waals surface area contributed by atoms with Gasteiger partial charge in [-0.15, -0.1) is 0 Å². The van der Waals surface area contributed by atoms with Crippen LogP contribution in [0.1, 0.15) is 18.1 Å². The monoisotopic (exact) mass is 280 g/mol. The average Bonchev–Trinajstić information content (AvgIpc) is 2.36. The number of urea groups is 1. The summed E-state index contributed by atoms with van der Waals surface area (Å²) in [6.07, 6.45) is 0.685. The van der Waals surface area contributed by atoms with E-state index in [4.69, 9.17) is 5.11 Å². The number of carbonyl (C=O) groups is 2. The number of hydrogen-bond acceptors (Lipinski definition) is 3. The van der Waals surface area contributed by atoms with Crippen molar-refractivity contribution in [2.24, 2.45) is 0 Å². The number of carboxylic acids is 1. The number of carboxylic acid groups (broad SMARTS) is 1. The zero-order valence-electron chi connectivity index (χ0n) is 11.6. The van der Waals surface area contributed by atoms with Crippen LogP contribution in [-0.4, -0.2) is 40.9 Å². The third kappa shape index (κ3) is 5.27. The summed E-state index contributed by atoms with van der Waals surface area (Å²) in [5.74, 6) is -1.38. The van der Waals surface area contributed by atoms with E-state index in [-0.39, 0.29) is 6.54 Å². The van der Waals surface area contributed by atoms with E-state index in [0.29, 0.717) is 13.0 Å². The van der Waals surface area contributed by atoms with Crippen molar-refractivity contribution in [1.82, 2.24) is 10.6 Å². The maximum atomic E-state index is 11.4. The molecule has 1 rings (SSSR count). The Labute approximate surface area is 117 Å². The molecule has 0 heterocycles. The van der Waals surface area contributed by atoms with Crippen molar-refractivity contribution >= 4 is 12.0 Å². The molecule has 0 aliphatic rings. The number of rotatable bonds is 6. The Hall–Kier alpha value is -2.08. The van der Waals surface area contributed by atoms with Crippen molar-refractivity contribution in [2.45, 2.75) is 25.9 Å². The van der Waals surface area contributed by atoms with E-state index >= 15 is 0 Å². The maximum Gasteiger partial charge on any atom is 0.337 e. The minimum Gasteiger partial charge on any atom is -0.479 e. The Morgan fingerprint density at radius 1 is 1.30 bits per heavy atom. The highest BCUT2D eigenvalue weighted by Crippen LogP contribution is 2.04. The van der Waals surface area contributed by atoms with Crippen LogP contribution in [0.5, 0.6) is 0 Å². The molecule has 0 spiro atoms. The van der Waals surface area contributed by atoms with Crippen LogP contribution >= 0.6 is 0 Å². The van der Waals surface area contributed by atoms with Crippen LogP contribution in [0.2, 0.25) is 0 Å². The molecule has 20 heavy (non-hydrogen) atoms. The highest BCUT2D eigenvalue weighted by atomic mass is 16.4. The Morgan fingerprint density at radius 3 is 2.60 bits per heavy atom. The number of aryl methyl sites for hydroxylation is 1.